The van der Waals surface area contributed by atoms with E-state index in [9.17, 15) is 13.2 Å². The molecule has 0 atom stereocenters. The fourth-order valence-corrected chi connectivity index (χ4v) is 4.28. The number of fused-ring (bicyclic) bond motifs is 1. The molecule has 0 unspecified atom stereocenters. The van der Waals surface area contributed by atoms with Gasteiger partial charge in [-0.3, -0.25) is 9.10 Å². The van der Waals surface area contributed by atoms with E-state index in [0.29, 0.717) is 23.5 Å². The highest BCUT2D eigenvalue weighted by Gasteiger charge is 2.26. The van der Waals surface area contributed by atoms with E-state index in [1.54, 1.807) is 19.1 Å². The van der Waals surface area contributed by atoms with Gasteiger partial charge in [0.25, 0.3) is 5.91 Å². The number of nitrogens with one attached hydrogen (secondary N) is 1. The van der Waals surface area contributed by atoms with Crippen LogP contribution in [0.4, 0.5) is 11.4 Å². The molecular formula is C19H22N2O3S. The summed E-state index contributed by atoms with van der Waals surface area (Å²) in [6.07, 6.45) is 1.65. The molecule has 1 aliphatic heterocycles. The van der Waals surface area contributed by atoms with E-state index in [2.05, 4.69) is 5.32 Å². The number of carbonyl (C=O) groups is 1. The summed E-state index contributed by atoms with van der Waals surface area (Å²) in [7, 11) is -3.32. The van der Waals surface area contributed by atoms with Crippen LogP contribution in [0.25, 0.3) is 0 Å². The van der Waals surface area contributed by atoms with Gasteiger partial charge in [-0.15, -0.1) is 0 Å². The third kappa shape index (κ3) is 3.54. The number of amides is 1. The number of nitrogens with zero attached hydrogens (tertiary/aromatic N) is 1. The minimum atomic E-state index is -3.32. The molecule has 1 N–H and O–H groups in total. The van der Waals surface area contributed by atoms with E-state index in [-0.39, 0.29) is 11.7 Å². The molecular weight excluding hydrogens is 336 g/mol. The van der Waals surface area contributed by atoms with Crippen molar-refractivity contribution in [3.8, 4) is 0 Å². The lowest BCUT2D eigenvalue weighted by Crippen LogP contribution is -2.36. The molecule has 0 spiro atoms. The van der Waals surface area contributed by atoms with Crippen molar-refractivity contribution in [1.29, 1.82) is 0 Å². The molecule has 0 radical (unpaired) electrons. The van der Waals surface area contributed by atoms with Crippen LogP contribution >= 0.6 is 0 Å². The van der Waals surface area contributed by atoms with Crippen LogP contribution in [0.15, 0.2) is 42.5 Å². The molecule has 0 aromatic heterocycles. The molecule has 6 heteroatoms. The second-order valence-electron chi connectivity index (χ2n) is 6.19. The van der Waals surface area contributed by atoms with Crippen molar-refractivity contribution in [3.05, 3.63) is 59.2 Å². The molecule has 2 aromatic carbocycles. The van der Waals surface area contributed by atoms with Gasteiger partial charge in [0.2, 0.25) is 10.0 Å². The summed E-state index contributed by atoms with van der Waals surface area (Å²) < 4.78 is 26.2. The fourth-order valence-electron chi connectivity index (χ4n) is 3.09. The first kappa shape index (κ1) is 17.5. The quantitative estimate of drug-likeness (QED) is 0.911. The lowest BCUT2D eigenvalue weighted by molar-refractivity contribution is 0.102. The van der Waals surface area contributed by atoms with E-state index in [0.717, 1.165) is 24.0 Å². The van der Waals surface area contributed by atoms with Crippen LogP contribution in [0, 0.1) is 6.92 Å². The third-order valence-corrected chi connectivity index (χ3v) is 6.29. The molecule has 5 nitrogen and oxygen atoms in total. The van der Waals surface area contributed by atoms with Gasteiger partial charge >= 0.3 is 0 Å². The van der Waals surface area contributed by atoms with Crippen LogP contribution in [-0.4, -0.2) is 26.6 Å². The minimum Gasteiger partial charge on any atom is -0.322 e. The zero-order chi connectivity index (χ0) is 18.0. The highest BCUT2D eigenvalue weighted by atomic mass is 32.2. The largest absolute Gasteiger partial charge is 0.322 e. The Kier molecular flexibility index (Phi) is 4.81. The first-order valence-electron chi connectivity index (χ1n) is 8.42. The molecule has 1 heterocycles. The molecule has 2 aromatic rings. The van der Waals surface area contributed by atoms with Gasteiger partial charge in [-0.1, -0.05) is 24.3 Å². The average Bonchev–Trinajstić information content (AvgIpc) is 2.61. The summed E-state index contributed by atoms with van der Waals surface area (Å²) in [6, 6.07) is 12.9. The predicted molar refractivity (Wildman–Crippen MR) is 101 cm³/mol. The maximum atomic E-state index is 12.5. The molecule has 132 valence electrons. The van der Waals surface area contributed by atoms with Crippen LogP contribution in [0.3, 0.4) is 0 Å². The van der Waals surface area contributed by atoms with Gasteiger partial charge in [-0.25, -0.2) is 8.42 Å². The molecule has 0 fully saturated rings. The van der Waals surface area contributed by atoms with Crippen molar-refractivity contribution in [3.63, 3.8) is 0 Å². The molecule has 1 amide bonds. The standard InChI is InChI=1S/C19H22N2O3S/c1-3-25(23,24)21-12-6-8-15-10-11-16(13-18(15)21)20-19(22)17-9-5-4-7-14(17)2/h4-5,7,9-11,13H,3,6,8,12H2,1-2H3,(H,20,22). The molecule has 25 heavy (non-hydrogen) atoms. The highest BCUT2D eigenvalue weighted by molar-refractivity contribution is 7.92. The number of carbonyl (C=O) groups excluding carboxylic acids is 1. The van der Waals surface area contributed by atoms with Gasteiger partial charge in [0, 0.05) is 17.8 Å². The third-order valence-electron chi connectivity index (χ3n) is 4.51. The maximum Gasteiger partial charge on any atom is 0.255 e. The Morgan fingerprint density at radius 2 is 1.96 bits per heavy atom. The molecule has 0 saturated carbocycles. The average molecular weight is 358 g/mol. The molecule has 0 saturated heterocycles. The zero-order valence-electron chi connectivity index (χ0n) is 14.5. The molecule has 0 aliphatic carbocycles. The van der Waals surface area contributed by atoms with E-state index in [4.69, 9.17) is 0 Å². The fraction of sp³-hybridized carbons (Fsp3) is 0.316. The number of rotatable bonds is 4. The van der Waals surface area contributed by atoms with E-state index >= 15 is 0 Å². The van der Waals surface area contributed by atoms with Gasteiger partial charge < -0.3 is 5.32 Å². The van der Waals surface area contributed by atoms with Crippen LogP contribution in [0.5, 0.6) is 0 Å². The number of hydrogen-bond donors (Lipinski definition) is 1. The SMILES string of the molecule is CCS(=O)(=O)N1CCCc2ccc(NC(=O)c3ccccc3C)cc21. The van der Waals surface area contributed by atoms with Crippen molar-refractivity contribution in [2.45, 2.75) is 26.7 Å². The Labute approximate surface area is 148 Å². The first-order chi connectivity index (χ1) is 11.9. The number of sulfonamides is 1. The van der Waals surface area contributed by atoms with Crippen LogP contribution < -0.4 is 9.62 Å². The lowest BCUT2D eigenvalue weighted by atomic mass is 10.0. The minimum absolute atomic E-state index is 0.0617. The Bertz CT molecular complexity index is 907. The molecule has 3 rings (SSSR count). The second kappa shape index (κ2) is 6.88. The number of anilines is 2. The topological polar surface area (TPSA) is 66.5 Å². The number of benzene rings is 2. The summed E-state index contributed by atoms with van der Waals surface area (Å²) in [4.78, 5) is 12.5. The molecule has 0 bridgehead atoms. The van der Waals surface area contributed by atoms with Crippen LogP contribution in [0.1, 0.15) is 34.8 Å². The van der Waals surface area contributed by atoms with Gasteiger partial charge in [-0.2, -0.15) is 0 Å². The van der Waals surface area contributed by atoms with Crippen molar-refractivity contribution in [2.75, 3.05) is 21.9 Å². The zero-order valence-corrected chi connectivity index (χ0v) is 15.3. The summed E-state index contributed by atoms with van der Waals surface area (Å²) in [5.41, 5.74) is 3.78. The van der Waals surface area contributed by atoms with E-state index in [1.807, 2.05) is 37.3 Å². The van der Waals surface area contributed by atoms with Gasteiger partial charge in [0.05, 0.1) is 11.4 Å². The van der Waals surface area contributed by atoms with Crippen molar-refractivity contribution < 1.29 is 13.2 Å². The van der Waals surface area contributed by atoms with Crippen LogP contribution in [0.2, 0.25) is 0 Å². The van der Waals surface area contributed by atoms with Crippen molar-refractivity contribution in [1.82, 2.24) is 0 Å². The van der Waals surface area contributed by atoms with E-state index < -0.39 is 10.0 Å². The first-order valence-corrected chi connectivity index (χ1v) is 10.0. The maximum absolute atomic E-state index is 12.5. The van der Waals surface area contributed by atoms with Gasteiger partial charge in [0.15, 0.2) is 0 Å². The number of hydrogen-bond acceptors (Lipinski definition) is 3. The second-order valence-corrected chi connectivity index (χ2v) is 8.37. The summed E-state index contributed by atoms with van der Waals surface area (Å²) in [5, 5.41) is 2.88. The van der Waals surface area contributed by atoms with Crippen molar-refractivity contribution in [2.24, 2.45) is 0 Å². The van der Waals surface area contributed by atoms with Gasteiger partial charge in [-0.05, 0) is 56.0 Å². The lowest BCUT2D eigenvalue weighted by Gasteiger charge is -2.30. The van der Waals surface area contributed by atoms with E-state index in [1.165, 1.54) is 4.31 Å². The van der Waals surface area contributed by atoms with Crippen LogP contribution in [-0.2, 0) is 16.4 Å². The normalized spacial score (nSPS) is 14.1. The summed E-state index contributed by atoms with van der Waals surface area (Å²) in [6.45, 7) is 4.02. The van der Waals surface area contributed by atoms with Gasteiger partial charge in [0.1, 0.15) is 0 Å². The highest BCUT2D eigenvalue weighted by Crippen LogP contribution is 2.32. The Morgan fingerprint density at radius 3 is 2.68 bits per heavy atom. The summed E-state index contributed by atoms with van der Waals surface area (Å²) >= 11 is 0. The Hall–Kier alpha value is -2.34. The Morgan fingerprint density at radius 1 is 1.20 bits per heavy atom. The summed E-state index contributed by atoms with van der Waals surface area (Å²) in [5.74, 6) is -0.134. The number of aryl methyl sites for hydroxylation is 2. The Balaban J connectivity index is 1.91. The van der Waals surface area contributed by atoms with Crippen molar-refractivity contribution >= 4 is 27.3 Å². The smallest absolute Gasteiger partial charge is 0.255 e. The monoisotopic (exact) mass is 358 g/mol. The molecule has 1 aliphatic rings. The predicted octanol–water partition coefficient (Wildman–Crippen LogP) is 3.35.